The van der Waals surface area contributed by atoms with Crippen LogP contribution in [0.4, 0.5) is 5.82 Å². The molecule has 7 nitrogen and oxygen atoms in total. The van der Waals surface area contributed by atoms with Crippen LogP contribution in [-0.2, 0) is 11.2 Å². The van der Waals surface area contributed by atoms with Crippen molar-refractivity contribution in [2.75, 3.05) is 24.5 Å². The first-order valence-corrected chi connectivity index (χ1v) is 6.79. The molecule has 0 aliphatic carbocycles. The molecule has 1 atom stereocenters. The molecule has 0 amide bonds. The first kappa shape index (κ1) is 14.3. The highest BCUT2D eigenvalue weighted by atomic mass is 79.9. The van der Waals surface area contributed by atoms with Gasteiger partial charge < -0.3 is 9.84 Å². The lowest BCUT2D eigenvalue weighted by Crippen LogP contribution is -2.23. The second-order valence-electron chi connectivity index (χ2n) is 2.78. The van der Waals surface area contributed by atoms with Crippen molar-refractivity contribution >= 4 is 32.9 Å². The number of anilines is 1. The fourth-order valence-electron chi connectivity index (χ4n) is 0.923. The monoisotopic (exact) mass is 324 g/mol. The first-order chi connectivity index (χ1) is 8.19. The second kappa shape index (κ2) is 7.54. The largest absolute Gasteiger partial charge is 0.474 e. The summed E-state index contributed by atoms with van der Waals surface area (Å²) in [7, 11) is 0. The zero-order valence-corrected chi connectivity index (χ0v) is 11.5. The van der Waals surface area contributed by atoms with Crippen molar-refractivity contribution in [2.45, 2.75) is 6.92 Å². The molecule has 1 aromatic heterocycles. The molecule has 96 valence electrons. The molecule has 3 N–H and O–H groups in total. The number of ether oxygens (including phenoxy) is 1. The van der Waals surface area contributed by atoms with Crippen LogP contribution in [0.15, 0.2) is 10.8 Å². The SMILES string of the molecule is CCNS(=O)Nc1ncnc(OCCO)c1Br. The van der Waals surface area contributed by atoms with Gasteiger partial charge in [0.25, 0.3) is 0 Å². The van der Waals surface area contributed by atoms with E-state index in [0.717, 1.165) is 0 Å². The van der Waals surface area contributed by atoms with E-state index in [9.17, 15) is 4.21 Å². The van der Waals surface area contributed by atoms with Gasteiger partial charge in [0.2, 0.25) is 5.88 Å². The maximum absolute atomic E-state index is 11.4. The number of aliphatic hydroxyl groups is 1. The van der Waals surface area contributed by atoms with Crippen LogP contribution in [0.25, 0.3) is 0 Å². The topological polar surface area (TPSA) is 96.4 Å². The van der Waals surface area contributed by atoms with Crippen molar-refractivity contribution in [1.29, 1.82) is 0 Å². The second-order valence-corrected chi connectivity index (χ2v) is 4.61. The van der Waals surface area contributed by atoms with E-state index in [1.807, 2.05) is 6.92 Å². The lowest BCUT2D eigenvalue weighted by molar-refractivity contribution is 0.196. The van der Waals surface area contributed by atoms with Crippen molar-refractivity contribution in [3.05, 3.63) is 10.8 Å². The molecule has 17 heavy (non-hydrogen) atoms. The van der Waals surface area contributed by atoms with E-state index in [-0.39, 0.29) is 19.1 Å². The Morgan fingerprint density at radius 3 is 3.00 bits per heavy atom. The minimum atomic E-state index is -1.42. The minimum Gasteiger partial charge on any atom is -0.474 e. The molecule has 0 fully saturated rings. The highest BCUT2D eigenvalue weighted by Gasteiger charge is 2.11. The lowest BCUT2D eigenvalue weighted by Gasteiger charge is -2.09. The fraction of sp³-hybridized carbons (Fsp3) is 0.500. The normalized spacial score (nSPS) is 12.2. The Hall–Kier alpha value is -0.770. The Bertz CT molecular complexity index is 393. The van der Waals surface area contributed by atoms with Crippen molar-refractivity contribution in [3.8, 4) is 5.88 Å². The predicted octanol–water partition coefficient (Wildman–Crippen LogP) is 0.210. The average Bonchev–Trinajstić information content (AvgIpc) is 2.30. The molecule has 0 saturated heterocycles. The summed E-state index contributed by atoms with van der Waals surface area (Å²) in [6, 6.07) is 0. The molecule has 9 heteroatoms. The Morgan fingerprint density at radius 2 is 2.35 bits per heavy atom. The number of aromatic nitrogens is 2. The molecule has 1 aromatic rings. The highest BCUT2D eigenvalue weighted by molar-refractivity contribution is 9.10. The van der Waals surface area contributed by atoms with Gasteiger partial charge in [-0.25, -0.2) is 18.9 Å². The smallest absolute Gasteiger partial charge is 0.233 e. The molecule has 0 aliphatic rings. The lowest BCUT2D eigenvalue weighted by atomic mass is 10.6. The highest BCUT2D eigenvalue weighted by Crippen LogP contribution is 2.28. The minimum absolute atomic E-state index is 0.109. The van der Waals surface area contributed by atoms with Crippen LogP contribution in [0.2, 0.25) is 0 Å². The van der Waals surface area contributed by atoms with Gasteiger partial charge in [-0.3, -0.25) is 4.72 Å². The van der Waals surface area contributed by atoms with Crippen molar-refractivity contribution in [3.63, 3.8) is 0 Å². The van der Waals surface area contributed by atoms with E-state index in [1.54, 1.807) is 0 Å². The molecule has 1 unspecified atom stereocenters. The summed E-state index contributed by atoms with van der Waals surface area (Å²) >= 11 is 1.81. The van der Waals surface area contributed by atoms with Crippen LogP contribution < -0.4 is 14.2 Å². The molecular formula is C8H13BrN4O3S. The summed E-state index contributed by atoms with van der Waals surface area (Å²) < 4.78 is 22.4. The van der Waals surface area contributed by atoms with Gasteiger partial charge in [-0.05, 0) is 15.9 Å². The molecule has 0 aliphatic heterocycles. The van der Waals surface area contributed by atoms with Crippen LogP contribution in [-0.4, -0.2) is 39.0 Å². The van der Waals surface area contributed by atoms with Gasteiger partial charge in [0.15, 0.2) is 17.0 Å². The quantitative estimate of drug-likeness (QED) is 0.666. The van der Waals surface area contributed by atoms with Crippen LogP contribution in [0.3, 0.4) is 0 Å². The summed E-state index contributed by atoms with van der Waals surface area (Å²) in [4.78, 5) is 7.80. The third kappa shape index (κ3) is 4.54. The summed E-state index contributed by atoms with van der Waals surface area (Å²) in [5.41, 5.74) is 0. The van der Waals surface area contributed by atoms with Gasteiger partial charge in [0.05, 0.1) is 6.61 Å². The average molecular weight is 325 g/mol. The van der Waals surface area contributed by atoms with E-state index >= 15 is 0 Å². The third-order valence-electron chi connectivity index (χ3n) is 1.55. The molecule has 0 spiro atoms. The first-order valence-electron chi connectivity index (χ1n) is 4.85. The van der Waals surface area contributed by atoms with Gasteiger partial charge in [-0.1, -0.05) is 6.92 Å². The third-order valence-corrected chi connectivity index (χ3v) is 3.20. The molecule has 0 radical (unpaired) electrons. The maximum Gasteiger partial charge on any atom is 0.233 e. The standard InChI is InChI=1S/C8H13BrN4O3S/c1-2-12-17(15)13-7-6(9)8(11-5-10-7)16-4-3-14/h5,12,14H,2-4H2,1H3,(H,10,11,13). The zero-order chi connectivity index (χ0) is 12.7. The van der Waals surface area contributed by atoms with Crippen LogP contribution >= 0.6 is 15.9 Å². The Labute approximate surface area is 110 Å². The van der Waals surface area contributed by atoms with Crippen molar-refractivity contribution in [1.82, 2.24) is 14.7 Å². The van der Waals surface area contributed by atoms with Gasteiger partial charge in [-0.15, -0.1) is 0 Å². The van der Waals surface area contributed by atoms with Crippen molar-refractivity contribution in [2.24, 2.45) is 0 Å². The Kier molecular flexibility index (Phi) is 6.34. The van der Waals surface area contributed by atoms with E-state index in [4.69, 9.17) is 9.84 Å². The number of nitrogens with zero attached hydrogens (tertiary/aromatic N) is 2. The van der Waals surface area contributed by atoms with Gasteiger partial charge in [0, 0.05) is 6.54 Å². The molecular weight excluding hydrogens is 312 g/mol. The fourth-order valence-corrected chi connectivity index (χ4v) is 2.14. The maximum atomic E-state index is 11.4. The molecule has 0 bridgehead atoms. The summed E-state index contributed by atoms with van der Waals surface area (Å²) in [6.07, 6.45) is 1.28. The van der Waals surface area contributed by atoms with Crippen LogP contribution in [0, 0.1) is 0 Å². The predicted molar refractivity (Wildman–Crippen MR) is 67.8 cm³/mol. The van der Waals surface area contributed by atoms with E-state index in [1.165, 1.54) is 6.33 Å². The van der Waals surface area contributed by atoms with Gasteiger partial charge in [0.1, 0.15) is 17.4 Å². The van der Waals surface area contributed by atoms with Gasteiger partial charge in [-0.2, -0.15) is 0 Å². The van der Waals surface area contributed by atoms with E-state index in [0.29, 0.717) is 16.8 Å². The Balaban J connectivity index is 2.75. The van der Waals surface area contributed by atoms with Crippen molar-refractivity contribution < 1.29 is 14.1 Å². The number of aliphatic hydroxyl groups excluding tert-OH is 1. The van der Waals surface area contributed by atoms with Crippen LogP contribution in [0.1, 0.15) is 6.92 Å². The van der Waals surface area contributed by atoms with E-state index < -0.39 is 11.2 Å². The summed E-state index contributed by atoms with van der Waals surface area (Å²) in [5, 5.41) is 8.65. The number of halogens is 1. The number of hydrogen-bond donors (Lipinski definition) is 3. The number of rotatable bonds is 7. The van der Waals surface area contributed by atoms with Gasteiger partial charge >= 0.3 is 0 Å². The molecule has 1 heterocycles. The zero-order valence-electron chi connectivity index (χ0n) is 9.14. The molecule has 0 aromatic carbocycles. The number of hydrogen-bond acceptors (Lipinski definition) is 5. The summed E-state index contributed by atoms with van der Waals surface area (Å²) in [6.45, 7) is 2.43. The summed E-state index contributed by atoms with van der Waals surface area (Å²) in [5.74, 6) is 0.636. The number of nitrogens with one attached hydrogen (secondary N) is 2. The Morgan fingerprint density at radius 1 is 1.59 bits per heavy atom. The van der Waals surface area contributed by atoms with Crippen LogP contribution in [0.5, 0.6) is 5.88 Å². The molecule has 1 rings (SSSR count). The molecule has 0 saturated carbocycles. The van der Waals surface area contributed by atoms with E-state index in [2.05, 4.69) is 35.3 Å².